The van der Waals surface area contributed by atoms with Crippen molar-refractivity contribution in [3.05, 3.63) is 150 Å². The summed E-state index contributed by atoms with van der Waals surface area (Å²) in [5.41, 5.74) is 36.9. The molecule has 0 saturated heterocycles. The molecule has 744 valence electrons. The molecule has 1 aliphatic heterocycles. The van der Waals surface area contributed by atoms with Crippen LogP contribution in [-0.2, 0) is 107 Å². The number of para-hydroxylation sites is 2. The van der Waals surface area contributed by atoms with E-state index in [-0.39, 0.29) is 147 Å². The van der Waals surface area contributed by atoms with E-state index < -0.39 is 205 Å². The van der Waals surface area contributed by atoms with Crippen molar-refractivity contribution < 1.29 is 91.7 Å². The Bertz CT molecular complexity index is 5110. The van der Waals surface area contributed by atoms with Crippen LogP contribution in [0.15, 0.2) is 128 Å². The zero-order valence-electron chi connectivity index (χ0n) is 76.9. The van der Waals surface area contributed by atoms with Gasteiger partial charge < -0.3 is 144 Å². The van der Waals surface area contributed by atoms with Crippen LogP contribution in [0.1, 0.15) is 145 Å². The fourth-order valence-corrected chi connectivity index (χ4v) is 15.1. The van der Waals surface area contributed by atoms with Crippen molar-refractivity contribution in [1.29, 1.82) is 10.8 Å². The van der Waals surface area contributed by atoms with E-state index in [0.717, 1.165) is 0 Å². The second-order valence-corrected chi connectivity index (χ2v) is 33.4. The number of unbranched alkanes of at least 4 members (excludes halogenated alkanes) is 2. The average Bonchev–Trinajstić information content (AvgIpc) is 1.70. The Kier molecular flexibility index (Phi) is 46.2. The van der Waals surface area contributed by atoms with Crippen molar-refractivity contribution in [2.45, 2.75) is 227 Å². The van der Waals surface area contributed by atoms with E-state index in [0.29, 0.717) is 69.9 Å². The third-order valence-corrected chi connectivity index (χ3v) is 22.4. The lowest BCUT2D eigenvalue weighted by molar-refractivity contribution is -0.137. The maximum absolute atomic E-state index is 15.7. The van der Waals surface area contributed by atoms with Crippen LogP contribution in [0.3, 0.4) is 0 Å². The molecule has 7 rings (SSSR count). The number of amides is 16. The van der Waals surface area contributed by atoms with Crippen molar-refractivity contribution in [2.24, 2.45) is 34.4 Å². The van der Waals surface area contributed by atoms with Gasteiger partial charge in [0.15, 0.2) is 11.9 Å². The van der Waals surface area contributed by atoms with Gasteiger partial charge in [-0.15, -0.1) is 0 Å². The molecule has 34 N–H and O–H groups in total. The highest BCUT2D eigenvalue weighted by molar-refractivity contribution is 6.01. The molecule has 45 heteroatoms. The topological polar surface area (TPSA) is 751 Å². The summed E-state index contributed by atoms with van der Waals surface area (Å²) in [6, 6.07) is 9.66. The zero-order chi connectivity index (χ0) is 99.9. The maximum Gasteiger partial charge on any atom is 0.246 e. The molecule has 0 saturated carbocycles. The highest BCUT2D eigenvalue weighted by Gasteiger charge is 2.39. The monoisotopic (exact) mass is 1910 g/mol. The Morgan fingerprint density at radius 1 is 0.489 bits per heavy atom. The lowest BCUT2D eigenvalue weighted by Crippen LogP contribution is -2.62. The maximum atomic E-state index is 15.7. The molecule has 16 amide bonds. The number of carbonyl (C=O) groups is 16. The van der Waals surface area contributed by atoms with Gasteiger partial charge in [-0.25, -0.2) is 0 Å². The van der Waals surface area contributed by atoms with Crippen molar-refractivity contribution in [3.8, 4) is 5.75 Å². The van der Waals surface area contributed by atoms with E-state index in [2.05, 4.69) is 95.0 Å². The second-order valence-electron chi connectivity index (χ2n) is 33.4. The zero-order valence-corrected chi connectivity index (χ0v) is 76.9. The smallest absolute Gasteiger partial charge is 0.246 e. The third-order valence-electron chi connectivity index (χ3n) is 22.4. The normalized spacial score (nSPS) is 18.1. The van der Waals surface area contributed by atoms with Gasteiger partial charge in [-0.1, -0.05) is 91.0 Å². The number of hydrogen-bond acceptors (Lipinski definition) is 23. The molecular formula is C92H132N26O19. The standard InChI is InChI=1S/C92H132N26O19/c1-53(119)78-90(136)117-74(48-58-50-105-63-26-14-12-24-61(58)63)89(135)113-70(37-38-75(95)122)85(131)110-66(29-10-5-3-4-9-28-65(107-54(2)120)81(127)111-69(86(132)118-78)32-20-42-103-92(99)100)84(130)115-72(46-56-33-35-59(121)36-34-56)87(133)116-73(47-57-49-104-62-25-13-11-23-60(57)62)88(134)112-68(31-19-41-102-91(97)98)82(128)109-67(30-16-18-40-94)83(129)114-71(45-55-21-7-6-8-22-55)80(126)106-51-76(123)101-43-44-137-52-77(124)108-64(79(96)125)27-15-17-39-93/h3,5-8,11-14,21-26,33-36,49-50,53,64-74,78,104-105,119,121H,4,9-10,15-20,27-32,37-48,51-52,93-94H2,1-2H3,(H2,95,122)(H2,96,125)(H,101,123)(H,106,126)(H,107,120)(H,108,124)(H,109,128)(H,110,131)(H,111,127)(H,112,134)(H,113,135)(H,114,129)(H,115,130)(H,116,133)(H,117,136)(H,118,132)(H4,97,98,102)(H4,99,100,103)/b5-3-/t53-,64-,65?,66?,67+,68+,69+,70+,71+,72+,73+,74+,78+/m1/s1. The predicted molar refractivity (Wildman–Crippen MR) is 507 cm³/mol. The Balaban J connectivity index is 1.21. The van der Waals surface area contributed by atoms with E-state index in [9.17, 15) is 58.2 Å². The average molecular weight is 1910 g/mol. The number of primary amides is 2. The Labute approximate surface area is 792 Å². The van der Waals surface area contributed by atoms with Crippen LogP contribution in [0.4, 0.5) is 0 Å². The molecule has 0 bridgehead atoms. The van der Waals surface area contributed by atoms with Gasteiger partial charge in [-0.2, -0.15) is 0 Å². The molecule has 1 aliphatic rings. The molecule has 2 aromatic heterocycles. The van der Waals surface area contributed by atoms with Crippen molar-refractivity contribution in [3.63, 3.8) is 0 Å². The SMILES string of the molecule is CC(=O)NC1CCC/C=C\CCC(C(=O)N[C@@H](Cc2ccc(O)cc2)C(=O)N[C@@H](Cc2c[nH]c3ccccc23)C(=O)N[C@@H](CCCNC(=N)N)C(=O)N[C@@H](CCCCN)C(=O)N[C@@H](Cc2ccccc2)C(=O)NCC(=O)NCCOCC(=O)N[C@H](CCCCN)C(N)=O)NC(=O)[C@H](CCC(N)=O)NC(=O)[C@H](Cc2c[nH]c3ccccc23)NC(=O)[C@H]([C@@H](C)O)NC(=O)[C@H](CCCNC(=N)N)NC1=O. The Morgan fingerprint density at radius 2 is 1.00 bits per heavy atom. The molecule has 3 heterocycles. The van der Waals surface area contributed by atoms with Gasteiger partial charge in [-0.05, 0) is 169 Å². The molecule has 13 atom stereocenters. The number of aromatic hydroxyl groups is 1. The Morgan fingerprint density at radius 3 is 1.60 bits per heavy atom. The van der Waals surface area contributed by atoms with E-state index in [1.807, 2.05) is 0 Å². The summed E-state index contributed by atoms with van der Waals surface area (Å²) in [6.45, 7) is 1.65. The van der Waals surface area contributed by atoms with Gasteiger partial charge in [0.05, 0.1) is 19.3 Å². The van der Waals surface area contributed by atoms with Crippen LogP contribution < -0.4 is 119 Å². The molecule has 137 heavy (non-hydrogen) atoms. The van der Waals surface area contributed by atoms with Crippen molar-refractivity contribution >= 4 is 128 Å². The number of rotatable bonds is 49. The van der Waals surface area contributed by atoms with Crippen LogP contribution in [0.25, 0.3) is 21.8 Å². The van der Waals surface area contributed by atoms with Crippen molar-refractivity contribution in [2.75, 3.05) is 52.5 Å². The number of benzene rings is 4. The third kappa shape index (κ3) is 38.7. The number of guanidine groups is 2. The minimum Gasteiger partial charge on any atom is -0.508 e. The number of ether oxygens (including phenoxy) is 1. The number of phenols is 1. The highest BCUT2D eigenvalue weighted by Crippen LogP contribution is 2.24. The number of phenolic OH excluding ortho intramolecular Hbond substituents is 1. The largest absolute Gasteiger partial charge is 0.508 e. The van der Waals surface area contributed by atoms with Gasteiger partial charge in [0.2, 0.25) is 94.5 Å². The van der Waals surface area contributed by atoms with Crippen molar-refractivity contribution in [1.82, 2.24) is 95.0 Å². The number of aromatic amines is 2. The van der Waals surface area contributed by atoms with Crippen LogP contribution in [-0.4, -0.2) is 258 Å². The van der Waals surface area contributed by atoms with Gasteiger partial charge in [-0.3, -0.25) is 87.5 Å². The summed E-state index contributed by atoms with van der Waals surface area (Å²) in [6.07, 6.45) is 4.50. The number of hydrogen-bond donors (Lipinski definition) is 28. The van der Waals surface area contributed by atoms with Gasteiger partial charge in [0.25, 0.3) is 0 Å². The van der Waals surface area contributed by atoms with Gasteiger partial charge in [0, 0.05) is 92.9 Å². The molecule has 0 aliphatic carbocycles. The molecule has 0 spiro atoms. The highest BCUT2D eigenvalue weighted by atomic mass is 16.5. The van der Waals surface area contributed by atoms with Gasteiger partial charge in [0.1, 0.15) is 84.9 Å². The summed E-state index contributed by atoms with van der Waals surface area (Å²) >= 11 is 0. The molecular weight excluding hydrogens is 1770 g/mol. The number of aliphatic hydroxyl groups excluding tert-OH is 1. The van der Waals surface area contributed by atoms with Crippen LogP contribution in [0, 0.1) is 10.8 Å². The summed E-state index contributed by atoms with van der Waals surface area (Å²) in [4.78, 5) is 235. The lowest BCUT2D eigenvalue weighted by atomic mass is 10.00. The number of nitrogens with one attached hydrogen (secondary N) is 20. The van der Waals surface area contributed by atoms with E-state index in [4.69, 9.17) is 50.0 Å². The summed E-state index contributed by atoms with van der Waals surface area (Å²) in [7, 11) is 0. The first-order valence-electron chi connectivity index (χ1n) is 45.7. The number of aromatic nitrogens is 2. The minimum atomic E-state index is -1.86. The van der Waals surface area contributed by atoms with E-state index in [1.165, 1.54) is 38.1 Å². The molecule has 2 unspecified atom stereocenters. The molecule has 45 nitrogen and oxygen atoms in total. The van der Waals surface area contributed by atoms with Crippen LogP contribution in [0.2, 0.25) is 0 Å². The number of H-pyrrole nitrogens is 2. The number of aliphatic hydroxyl groups is 1. The second kappa shape index (κ2) is 57.9. The minimum absolute atomic E-state index is 0.00773. The number of allylic oxidation sites excluding steroid dienone is 2. The number of fused-ring (bicyclic) bond motifs is 2. The first kappa shape index (κ1) is 109. The molecule has 0 radical (unpaired) electrons. The summed E-state index contributed by atoms with van der Waals surface area (Å²) < 4.78 is 5.38. The lowest BCUT2D eigenvalue weighted by Gasteiger charge is -2.29. The first-order valence-corrected chi connectivity index (χ1v) is 45.7. The van der Waals surface area contributed by atoms with Gasteiger partial charge >= 0.3 is 0 Å². The molecule has 4 aromatic carbocycles. The number of nitrogens with two attached hydrogens (primary N) is 6. The number of carbonyl (C=O) groups excluding carboxylic acids is 16. The summed E-state index contributed by atoms with van der Waals surface area (Å²) in [5, 5.41) is 81.0. The Hall–Kier alpha value is -14.6. The quantitative estimate of drug-likeness (QED) is 0.00752. The molecule has 6 aromatic rings. The predicted octanol–water partition coefficient (Wildman–Crippen LogP) is -3.85. The van der Waals surface area contributed by atoms with E-state index >= 15 is 28.8 Å². The molecule has 0 fully saturated rings. The van der Waals surface area contributed by atoms with Crippen LogP contribution in [0.5, 0.6) is 5.75 Å². The summed E-state index contributed by atoms with van der Waals surface area (Å²) in [5.74, 6) is -15.3. The fourth-order valence-electron chi connectivity index (χ4n) is 15.1. The van der Waals surface area contributed by atoms with Crippen LogP contribution >= 0.6 is 0 Å². The fraction of sp³-hybridized carbons (Fsp3) is 0.478. The first-order chi connectivity index (χ1) is 65.6. The van der Waals surface area contributed by atoms with E-state index in [1.54, 1.807) is 103 Å².